The summed E-state index contributed by atoms with van der Waals surface area (Å²) < 4.78 is 16.2. The van der Waals surface area contributed by atoms with Gasteiger partial charge in [0.05, 0.1) is 5.92 Å². The van der Waals surface area contributed by atoms with E-state index >= 15 is 0 Å². The molecule has 0 radical (unpaired) electrons. The number of hydrogen-bond donors (Lipinski definition) is 0. The highest BCUT2D eigenvalue weighted by atomic mass is 16.7. The van der Waals surface area contributed by atoms with Crippen LogP contribution in [0.15, 0.2) is 23.8 Å². The molecule has 1 rings (SSSR count). The van der Waals surface area contributed by atoms with Gasteiger partial charge in [-0.2, -0.15) is 0 Å². The van der Waals surface area contributed by atoms with E-state index in [1.165, 1.54) is 13.2 Å². The lowest BCUT2D eigenvalue weighted by atomic mass is 9.79. The maximum atomic E-state index is 11.8. The van der Waals surface area contributed by atoms with Crippen molar-refractivity contribution in [2.75, 3.05) is 21.3 Å². The van der Waals surface area contributed by atoms with Crippen LogP contribution in [0.5, 0.6) is 0 Å². The first kappa shape index (κ1) is 14.1. The van der Waals surface area contributed by atoms with Crippen molar-refractivity contribution in [1.82, 2.24) is 0 Å². The summed E-state index contributed by atoms with van der Waals surface area (Å²) in [4.78, 5) is 11.8. The molecule has 0 aromatic rings. The van der Waals surface area contributed by atoms with Crippen molar-refractivity contribution in [2.45, 2.75) is 25.7 Å². The zero-order chi connectivity index (χ0) is 13.1. The maximum Gasteiger partial charge on any atom is 0.197 e. The van der Waals surface area contributed by atoms with Gasteiger partial charge in [-0.1, -0.05) is 11.6 Å². The Balaban J connectivity index is 3.29. The second kappa shape index (κ2) is 5.58. The van der Waals surface area contributed by atoms with Crippen molar-refractivity contribution >= 4 is 5.78 Å². The van der Waals surface area contributed by atoms with E-state index in [0.29, 0.717) is 0 Å². The van der Waals surface area contributed by atoms with Crippen LogP contribution in [0.2, 0.25) is 0 Å². The monoisotopic (exact) mass is 240 g/mol. The van der Waals surface area contributed by atoms with Crippen LogP contribution in [0.4, 0.5) is 0 Å². The molecular formula is C13H20O4. The Morgan fingerprint density at radius 2 is 1.94 bits per heavy atom. The molecule has 2 unspecified atom stereocenters. The lowest BCUT2D eigenvalue weighted by Crippen LogP contribution is -2.52. The Morgan fingerprint density at radius 3 is 2.35 bits per heavy atom. The number of rotatable bonds is 4. The molecule has 2 atom stereocenters. The minimum atomic E-state index is -0.939. The Morgan fingerprint density at radius 1 is 1.35 bits per heavy atom. The van der Waals surface area contributed by atoms with E-state index in [-0.39, 0.29) is 11.7 Å². The van der Waals surface area contributed by atoms with Crippen molar-refractivity contribution in [3.05, 3.63) is 23.8 Å². The Hall–Kier alpha value is -0.970. The van der Waals surface area contributed by atoms with Gasteiger partial charge in [-0.3, -0.25) is 4.79 Å². The number of ether oxygens (including phenoxy) is 3. The van der Waals surface area contributed by atoms with E-state index in [1.54, 1.807) is 20.3 Å². The van der Waals surface area contributed by atoms with Gasteiger partial charge in [-0.25, -0.2) is 0 Å². The fraction of sp³-hybridized carbons (Fsp3) is 0.615. The van der Waals surface area contributed by atoms with Gasteiger partial charge >= 0.3 is 0 Å². The first-order valence-electron chi connectivity index (χ1n) is 5.55. The van der Waals surface area contributed by atoms with Crippen molar-refractivity contribution in [3.8, 4) is 0 Å². The topological polar surface area (TPSA) is 44.8 Å². The van der Waals surface area contributed by atoms with Crippen molar-refractivity contribution < 1.29 is 19.0 Å². The van der Waals surface area contributed by atoms with Gasteiger partial charge in [-0.15, -0.1) is 0 Å². The third-order valence-electron chi connectivity index (χ3n) is 3.33. The molecule has 17 heavy (non-hydrogen) atoms. The highest BCUT2D eigenvalue weighted by Crippen LogP contribution is 2.37. The summed E-state index contributed by atoms with van der Waals surface area (Å²) in [5.74, 6) is -1.28. The molecular weight excluding hydrogens is 220 g/mol. The molecule has 0 N–H and O–H groups in total. The zero-order valence-electron chi connectivity index (χ0n) is 11.0. The summed E-state index contributed by atoms with van der Waals surface area (Å²) >= 11 is 0. The summed E-state index contributed by atoms with van der Waals surface area (Å²) in [6.45, 7) is 3.86. The Bertz CT molecular complexity index is 339. The van der Waals surface area contributed by atoms with Crippen LogP contribution in [-0.2, 0) is 19.0 Å². The number of ketones is 1. The van der Waals surface area contributed by atoms with Gasteiger partial charge in [0.2, 0.25) is 0 Å². The molecule has 4 nitrogen and oxygen atoms in total. The molecule has 0 aromatic heterocycles. The molecule has 0 bridgehead atoms. The zero-order valence-corrected chi connectivity index (χ0v) is 11.0. The maximum absolute atomic E-state index is 11.8. The number of hydrogen-bond acceptors (Lipinski definition) is 4. The van der Waals surface area contributed by atoms with E-state index in [4.69, 9.17) is 14.2 Å². The summed E-state index contributed by atoms with van der Waals surface area (Å²) in [5, 5.41) is 0. The molecule has 96 valence electrons. The molecule has 0 amide bonds. The van der Waals surface area contributed by atoms with Gasteiger partial charge < -0.3 is 14.2 Å². The van der Waals surface area contributed by atoms with Crippen LogP contribution in [0.3, 0.4) is 0 Å². The predicted molar refractivity (Wildman–Crippen MR) is 64.6 cm³/mol. The van der Waals surface area contributed by atoms with Crippen LogP contribution in [0.25, 0.3) is 0 Å². The van der Waals surface area contributed by atoms with Crippen molar-refractivity contribution in [2.24, 2.45) is 5.92 Å². The molecule has 0 fully saturated rings. The van der Waals surface area contributed by atoms with E-state index in [2.05, 4.69) is 0 Å². The van der Waals surface area contributed by atoms with Crippen molar-refractivity contribution in [3.63, 3.8) is 0 Å². The van der Waals surface area contributed by atoms with Gasteiger partial charge in [0.1, 0.15) is 6.10 Å². The lowest BCUT2D eigenvalue weighted by molar-refractivity contribution is -0.219. The molecule has 0 aliphatic heterocycles. The van der Waals surface area contributed by atoms with E-state index in [1.807, 2.05) is 19.9 Å². The second-order valence-electron chi connectivity index (χ2n) is 4.03. The van der Waals surface area contributed by atoms with E-state index in [0.717, 1.165) is 5.57 Å². The summed E-state index contributed by atoms with van der Waals surface area (Å²) in [6, 6.07) is 0. The third kappa shape index (κ3) is 2.34. The van der Waals surface area contributed by atoms with Gasteiger partial charge in [0, 0.05) is 21.3 Å². The SMILES string of the molecule is CC=C(C)C1C(OC)C(=O)C=CC1(OC)OC. The Kier molecular flexibility index (Phi) is 4.62. The van der Waals surface area contributed by atoms with Gasteiger partial charge in [-0.05, 0) is 26.0 Å². The van der Waals surface area contributed by atoms with Crippen LogP contribution in [0, 0.1) is 5.92 Å². The number of carbonyl (C=O) groups is 1. The minimum Gasteiger partial charge on any atom is -0.372 e. The summed E-state index contributed by atoms with van der Waals surface area (Å²) in [6.07, 6.45) is 4.48. The predicted octanol–water partition coefficient (Wildman–Crippen LogP) is 1.71. The second-order valence-corrected chi connectivity index (χ2v) is 4.03. The average molecular weight is 240 g/mol. The first-order valence-corrected chi connectivity index (χ1v) is 5.55. The number of allylic oxidation sites excluding steroid dienone is 1. The summed E-state index contributed by atoms with van der Waals surface area (Å²) in [5.41, 5.74) is 0.998. The fourth-order valence-electron chi connectivity index (χ4n) is 2.23. The number of methoxy groups -OCH3 is 3. The lowest BCUT2D eigenvalue weighted by Gasteiger charge is -2.41. The van der Waals surface area contributed by atoms with Crippen LogP contribution < -0.4 is 0 Å². The van der Waals surface area contributed by atoms with E-state index in [9.17, 15) is 4.79 Å². The normalized spacial score (nSPS) is 28.5. The average Bonchev–Trinajstić information content (AvgIpc) is 2.37. The fourth-order valence-corrected chi connectivity index (χ4v) is 2.23. The third-order valence-corrected chi connectivity index (χ3v) is 3.33. The quantitative estimate of drug-likeness (QED) is 0.554. The highest BCUT2D eigenvalue weighted by Gasteiger charge is 2.48. The first-order chi connectivity index (χ1) is 8.06. The molecule has 0 aromatic carbocycles. The highest BCUT2D eigenvalue weighted by molar-refractivity contribution is 5.95. The molecule has 0 saturated carbocycles. The largest absolute Gasteiger partial charge is 0.372 e. The van der Waals surface area contributed by atoms with Crippen LogP contribution >= 0.6 is 0 Å². The van der Waals surface area contributed by atoms with Gasteiger partial charge in [0.15, 0.2) is 11.6 Å². The molecule has 1 aliphatic rings. The van der Waals surface area contributed by atoms with Crippen LogP contribution in [-0.4, -0.2) is 39.0 Å². The Labute approximate surface area is 102 Å². The molecule has 4 heteroatoms. The molecule has 0 saturated heterocycles. The van der Waals surface area contributed by atoms with Crippen LogP contribution in [0.1, 0.15) is 13.8 Å². The smallest absolute Gasteiger partial charge is 0.197 e. The number of carbonyl (C=O) groups excluding carboxylic acids is 1. The van der Waals surface area contributed by atoms with Crippen molar-refractivity contribution in [1.29, 1.82) is 0 Å². The molecule has 0 heterocycles. The van der Waals surface area contributed by atoms with E-state index < -0.39 is 11.9 Å². The molecule has 0 spiro atoms. The molecule has 1 aliphatic carbocycles. The van der Waals surface area contributed by atoms with Gasteiger partial charge in [0.25, 0.3) is 0 Å². The standard InChI is InChI=1S/C13H20O4/c1-6-9(2)11-12(15-3)10(14)7-8-13(11,16-4)17-5/h6-8,11-12H,1-5H3. The minimum absolute atomic E-state index is 0.0663. The summed E-state index contributed by atoms with van der Waals surface area (Å²) in [7, 11) is 4.65.